The molecule has 4 rings (SSSR count). The smallest absolute Gasteiger partial charge is 0.229 e. The third-order valence-corrected chi connectivity index (χ3v) is 5.92. The monoisotopic (exact) mass is 445 g/mol. The summed E-state index contributed by atoms with van der Waals surface area (Å²) >= 11 is 0. The molecule has 1 saturated heterocycles. The molecule has 1 N–H and O–H groups in total. The van der Waals surface area contributed by atoms with E-state index >= 15 is 0 Å². The number of piperidine rings is 1. The third kappa shape index (κ3) is 4.67. The summed E-state index contributed by atoms with van der Waals surface area (Å²) in [6, 6.07) is 16.4. The topological polar surface area (TPSA) is 80.8 Å². The Morgan fingerprint density at radius 1 is 1.06 bits per heavy atom. The summed E-state index contributed by atoms with van der Waals surface area (Å²) in [7, 11) is 3.14. The third-order valence-electron chi connectivity index (χ3n) is 5.92. The zero-order valence-electron chi connectivity index (χ0n) is 18.9. The molecular formula is C26H27N3O4. The average molecular weight is 446 g/mol. The quantitative estimate of drug-likeness (QED) is 0.603. The summed E-state index contributed by atoms with van der Waals surface area (Å²) in [6.45, 7) is 2.00. The van der Waals surface area contributed by atoms with Gasteiger partial charge in [-0.05, 0) is 55.3 Å². The van der Waals surface area contributed by atoms with E-state index in [2.05, 4.69) is 10.3 Å². The van der Waals surface area contributed by atoms with Gasteiger partial charge in [-0.25, -0.2) is 0 Å². The van der Waals surface area contributed by atoms with Gasteiger partial charge in [0.1, 0.15) is 0 Å². The van der Waals surface area contributed by atoms with Crippen LogP contribution >= 0.6 is 0 Å². The summed E-state index contributed by atoms with van der Waals surface area (Å²) in [4.78, 5) is 32.4. The number of carbonyl (C=O) groups excluding carboxylic acids is 2. The van der Waals surface area contributed by atoms with Crippen molar-refractivity contribution < 1.29 is 19.1 Å². The first-order valence-corrected chi connectivity index (χ1v) is 10.8. The van der Waals surface area contributed by atoms with E-state index in [0.717, 1.165) is 16.8 Å². The maximum absolute atomic E-state index is 13.4. The number of methoxy groups -OCH3 is 2. The largest absolute Gasteiger partial charge is 0.493 e. The van der Waals surface area contributed by atoms with Crippen LogP contribution in [0.1, 0.15) is 30.0 Å². The van der Waals surface area contributed by atoms with E-state index < -0.39 is 12.0 Å². The summed E-state index contributed by atoms with van der Waals surface area (Å²) in [5.74, 6) is 0.476. The lowest BCUT2D eigenvalue weighted by Crippen LogP contribution is -2.47. The van der Waals surface area contributed by atoms with E-state index in [0.29, 0.717) is 23.6 Å². The summed E-state index contributed by atoms with van der Waals surface area (Å²) in [5, 5.41) is 2.96. The number of rotatable bonds is 6. The zero-order chi connectivity index (χ0) is 23.4. The SMILES string of the molecule is COc1ccc(C2C(C(=O)Nc3cccnc3)CCC(=O)N2c2ccc(C)cc2)cc1OC. The second-order valence-electron chi connectivity index (χ2n) is 8.03. The van der Waals surface area contributed by atoms with Crippen molar-refractivity contribution in [1.82, 2.24) is 4.98 Å². The first-order chi connectivity index (χ1) is 16.0. The molecule has 0 radical (unpaired) electrons. The zero-order valence-corrected chi connectivity index (χ0v) is 18.9. The van der Waals surface area contributed by atoms with Gasteiger partial charge in [-0.3, -0.25) is 14.6 Å². The number of nitrogens with one attached hydrogen (secondary N) is 1. The highest BCUT2D eigenvalue weighted by atomic mass is 16.5. The van der Waals surface area contributed by atoms with Gasteiger partial charge < -0.3 is 19.7 Å². The maximum Gasteiger partial charge on any atom is 0.229 e. The number of ether oxygens (including phenoxy) is 2. The van der Waals surface area contributed by atoms with Crippen LogP contribution in [0.2, 0.25) is 0 Å². The van der Waals surface area contributed by atoms with Gasteiger partial charge >= 0.3 is 0 Å². The Kier molecular flexibility index (Phi) is 6.58. The van der Waals surface area contributed by atoms with Gasteiger partial charge in [-0.1, -0.05) is 23.8 Å². The number of amides is 2. The number of aromatic nitrogens is 1. The Bertz CT molecular complexity index is 1130. The highest BCUT2D eigenvalue weighted by molar-refractivity contribution is 6.00. The van der Waals surface area contributed by atoms with E-state index in [9.17, 15) is 9.59 Å². The highest BCUT2D eigenvalue weighted by Gasteiger charge is 2.41. The van der Waals surface area contributed by atoms with Gasteiger partial charge in [0.2, 0.25) is 11.8 Å². The Balaban J connectivity index is 1.78. The predicted molar refractivity (Wildman–Crippen MR) is 127 cm³/mol. The maximum atomic E-state index is 13.4. The second-order valence-corrected chi connectivity index (χ2v) is 8.03. The lowest BCUT2D eigenvalue weighted by Gasteiger charge is -2.41. The number of aryl methyl sites for hydroxylation is 1. The molecule has 7 nitrogen and oxygen atoms in total. The first kappa shape index (κ1) is 22.3. The number of carbonyl (C=O) groups is 2. The van der Waals surface area contributed by atoms with Crippen molar-refractivity contribution in [3.63, 3.8) is 0 Å². The molecule has 0 aliphatic carbocycles. The van der Waals surface area contributed by atoms with Gasteiger partial charge in [0, 0.05) is 18.3 Å². The van der Waals surface area contributed by atoms with Crippen molar-refractivity contribution in [2.24, 2.45) is 5.92 Å². The van der Waals surface area contributed by atoms with Crippen molar-refractivity contribution in [1.29, 1.82) is 0 Å². The van der Waals surface area contributed by atoms with Gasteiger partial charge in [-0.2, -0.15) is 0 Å². The average Bonchev–Trinajstić information content (AvgIpc) is 2.84. The Morgan fingerprint density at radius 2 is 1.82 bits per heavy atom. The van der Waals surface area contributed by atoms with E-state index in [4.69, 9.17) is 9.47 Å². The molecule has 0 spiro atoms. The van der Waals surface area contributed by atoms with Crippen LogP contribution in [-0.2, 0) is 9.59 Å². The summed E-state index contributed by atoms with van der Waals surface area (Å²) < 4.78 is 10.9. The molecule has 2 heterocycles. The van der Waals surface area contributed by atoms with E-state index in [1.54, 1.807) is 49.7 Å². The van der Waals surface area contributed by atoms with Crippen molar-refractivity contribution in [3.05, 3.63) is 78.1 Å². The lowest BCUT2D eigenvalue weighted by atomic mass is 9.83. The highest BCUT2D eigenvalue weighted by Crippen LogP contribution is 2.42. The molecule has 1 fully saturated rings. The minimum absolute atomic E-state index is 0.0240. The van der Waals surface area contributed by atoms with E-state index in [1.807, 2.05) is 43.3 Å². The second kappa shape index (κ2) is 9.73. The molecular weight excluding hydrogens is 418 g/mol. The van der Waals surface area contributed by atoms with Crippen LogP contribution in [-0.4, -0.2) is 31.0 Å². The molecule has 1 aliphatic heterocycles. The van der Waals surface area contributed by atoms with E-state index in [1.165, 1.54) is 0 Å². The van der Waals surface area contributed by atoms with Crippen molar-refractivity contribution in [3.8, 4) is 11.5 Å². The van der Waals surface area contributed by atoms with Gasteiger partial charge in [0.15, 0.2) is 11.5 Å². The number of benzene rings is 2. The molecule has 2 atom stereocenters. The van der Waals surface area contributed by atoms with Gasteiger partial charge in [0.25, 0.3) is 0 Å². The van der Waals surface area contributed by atoms with Crippen molar-refractivity contribution in [2.45, 2.75) is 25.8 Å². The van der Waals surface area contributed by atoms with Gasteiger partial charge in [-0.15, -0.1) is 0 Å². The van der Waals surface area contributed by atoms with Crippen LogP contribution in [0.4, 0.5) is 11.4 Å². The Hall–Kier alpha value is -3.87. The Labute approximate surface area is 193 Å². The molecule has 0 bridgehead atoms. The fraction of sp³-hybridized carbons (Fsp3) is 0.269. The van der Waals surface area contributed by atoms with Crippen LogP contribution in [0, 0.1) is 12.8 Å². The predicted octanol–water partition coefficient (Wildman–Crippen LogP) is 4.53. The van der Waals surface area contributed by atoms with E-state index in [-0.39, 0.29) is 18.2 Å². The minimum atomic E-state index is -0.509. The lowest BCUT2D eigenvalue weighted by molar-refractivity contribution is -0.125. The molecule has 3 aromatic rings. The number of nitrogens with zero attached hydrogens (tertiary/aromatic N) is 2. The minimum Gasteiger partial charge on any atom is -0.493 e. The molecule has 2 unspecified atom stereocenters. The molecule has 1 aliphatic rings. The number of pyridine rings is 1. The van der Waals surface area contributed by atoms with Crippen LogP contribution in [0.3, 0.4) is 0 Å². The first-order valence-electron chi connectivity index (χ1n) is 10.8. The molecule has 170 valence electrons. The molecule has 7 heteroatoms. The molecule has 2 amide bonds. The molecule has 33 heavy (non-hydrogen) atoms. The Morgan fingerprint density at radius 3 is 2.48 bits per heavy atom. The fourth-order valence-corrected chi connectivity index (χ4v) is 4.27. The number of hydrogen-bond donors (Lipinski definition) is 1. The van der Waals surface area contributed by atoms with Crippen LogP contribution < -0.4 is 19.7 Å². The normalized spacial score (nSPS) is 18.0. The van der Waals surface area contributed by atoms with Crippen LogP contribution in [0.15, 0.2) is 67.0 Å². The number of anilines is 2. The van der Waals surface area contributed by atoms with Crippen molar-refractivity contribution in [2.75, 3.05) is 24.4 Å². The van der Waals surface area contributed by atoms with Gasteiger partial charge in [0.05, 0.1) is 38.1 Å². The number of hydrogen-bond acceptors (Lipinski definition) is 5. The summed E-state index contributed by atoms with van der Waals surface area (Å²) in [5.41, 5.74) is 3.26. The van der Waals surface area contributed by atoms with Crippen LogP contribution in [0.25, 0.3) is 0 Å². The standard InChI is InChI=1S/C26H27N3O4/c1-17-6-9-20(10-7-17)29-24(30)13-11-21(26(31)28-19-5-4-14-27-16-19)25(29)18-8-12-22(32-2)23(15-18)33-3/h4-10,12,14-16,21,25H,11,13H2,1-3H3,(H,28,31). The molecule has 0 saturated carbocycles. The molecule has 1 aromatic heterocycles. The van der Waals surface area contributed by atoms with Crippen LogP contribution in [0.5, 0.6) is 11.5 Å². The molecule has 2 aromatic carbocycles. The van der Waals surface area contributed by atoms with Crippen molar-refractivity contribution >= 4 is 23.2 Å². The summed E-state index contributed by atoms with van der Waals surface area (Å²) in [6.07, 6.45) is 3.98. The fourth-order valence-electron chi connectivity index (χ4n) is 4.27.